The molecule has 0 saturated heterocycles. The lowest BCUT2D eigenvalue weighted by Crippen LogP contribution is -2.12. The summed E-state index contributed by atoms with van der Waals surface area (Å²) < 4.78 is 9.76. The Hall–Kier alpha value is -2.89. The first-order valence-electron chi connectivity index (χ1n) is 6.24. The lowest BCUT2D eigenvalue weighted by molar-refractivity contribution is 0.150. The highest BCUT2D eigenvalue weighted by Gasteiger charge is 1.97. The standard InChI is InChI=1S/C15H15N3O3/c1-20-14-8-6-13(7-9-14)18-17-12-4-2-11(3-5-12)10-21-15(16)19/h2-9H,10H2,1H3,(H2,16,19)/b18-17+. The van der Waals surface area contributed by atoms with Crippen LogP contribution in [0.1, 0.15) is 5.56 Å². The summed E-state index contributed by atoms with van der Waals surface area (Å²) in [4.78, 5) is 10.5. The zero-order valence-corrected chi connectivity index (χ0v) is 11.5. The fraction of sp³-hybridized carbons (Fsp3) is 0.133. The summed E-state index contributed by atoms with van der Waals surface area (Å²) in [6.45, 7) is 0.144. The second-order valence-corrected chi connectivity index (χ2v) is 4.17. The Kier molecular flexibility index (Phi) is 4.87. The number of nitrogens with two attached hydrogens (primary N) is 1. The number of rotatable bonds is 5. The molecule has 0 aromatic heterocycles. The minimum Gasteiger partial charge on any atom is -0.497 e. The molecule has 2 N–H and O–H groups in total. The zero-order chi connectivity index (χ0) is 15.1. The first-order valence-corrected chi connectivity index (χ1v) is 6.24. The van der Waals surface area contributed by atoms with E-state index in [1.807, 2.05) is 24.3 Å². The summed E-state index contributed by atoms with van der Waals surface area (Å²) in [6, 6.07) is 14.4. The van der Waals surface area contributed by atoms with E-state index in [1.165, 1.54) is 0 Å². The second-order valence-electron chi connectivity index (χ2n) is 4.17. The first-order chi connectivity index (χ1) is 10.2. The molecule has 0 bridgehead atoms. The van der Waals surface area contributed by atoms with Crippen LogP contribution in [0, 0.1) is 0 Å². The fourth-order valence-corrected chi connectivity index (χ4v) is 1.58. The van der Waals surface area contributed by atoms with Crippen molar-refractivity contribution in [3.05, 3.63) is 54.1 Å². The molecule has 0 aliphatic rings. The molecule has 0 atom stereocenters. The molecule has 2 rings (SSSR count). The molecule has 1 amide bonds. The van der Waals surface area contributed by atoms with Gasteiger partial charge in [-0.2, -0.15) is 10.2 Å². The molecule has 0 aliphatic carbocycles. The molecule has 0 radical (unpaired) electrons. The van der Waals surface area contributed by atoms with E-state index >= 15 is 0 Å². The molecule has 6 nitrogen and oxygen atoms in total. The molecule has 0 fully saturated rings. The molecule has 21 heavy (non-hydrogen) atoms. The second kappa shape index (κ2) is 7.04. The third-order valence-corrected chi connectivity index (χ3v) is 2.67. The number of azo groups is 1. The van der Waals surface area contributed by atoms with Gasteiger partial charge in [0.2, 0.25) is 0 Å². The molecule has 0 saturated carbocycles. The summed E-state index contributed by atoms with van der Waals surface area (Å²) in [5.41, 5.74) is 7.17. The maximum atomic E-state index is 10.5. The number of hydrogen-bond donors (Lipinski definition) is 1. The Bertz CT molecular complexity index is 622. The van der Waals surface area contributed by atoms with Gasteiger partial charge in [-0.15, -0.1) is 0 Å². The number of ether oxygens (including phenoxy) is 2. The molecule has 2 aromatic carbocycles. The number of carbonyl (C=O) groups is 1. The summed E-state index contributed by atoms with van der Waals surface area (Å²) in [5.74, 6) is 0.771. The van der Waals surface area contributed by atoms with Crippen LogP contribution >= 0.6 is 0 Å². The number of amides is 1. The Labute approximate surface area is 122 Å². The molecule has 0 spiro atoms. The number of nitrogens with zero attached hydrogens (tertiary/aromatic N) is 2. The van der Waals surface area contributed by atoms with Crippen molar-refractivity contribution >= 4 is 17.5 Å². The van der Waals surface area contributed by atoms with Gasteiger partial charge in [0.05, 0.1) is 18.5 Å². The molecule has 0 aliphatic heterocycles. The van der Waals surface area contributed by atoms with Gasteiger partial charge in [0.1, 0.15) is 12.4 Å². The van der Waals surface area contributed by atoms with Gasteiger partial charge in [-0.05, 0) is 42.0 Å². The van der Waals surface area contributed by atoms with Crippen LogP contribution in [0.15, 0.2) is 58.8 Å². The summed E-state index contributed by atoms with van der Waals surface area (Å²) in [6.07, 6.45) is -0.793. The van der Waals surface area contributed by atoms with Gasteiger partial charge in [-0.1, -0.05) is 12.1 Å². The van der Waals surface area contributed by atoms with Crippen molar-refractivity contribution in [3.63, 3.8) is 0 Å². The molecular formula is C15H15N3O3. The highest BCUT2D eigenvalue weighted by Crippen LogP contribution is 2.21. The molecular weight excluding hydrogens is 270 g/mol. The van der Waals surface area contributed by atoms with E-state index in [9.17, 15) is 4.79 Å². The van der Waals surface area contributed by atoms with Gasteiger partial charge in [-0.3, -0.25) is 0 Å². The quantitative estimate of drug-likeness (QED) is 0.849. The van der Waals surface area contributed by atoms with E-state index in [4.69, 9.17) is 15.2 Å². The van der Waals surface area contributed by atoms with Crippen molar-refractivity contribution in [1.82, 2.24) is 0 Å². The summed E-state index contributed by atoms with van der Waals surface area (Å²) in [7, 11) is 1.61. The lowest BCUT2D eigenvalue weighted by atomic mass is 10.2. The largest absolute Gasteiger partial charge is 0.497 e. The summed E-state index contributed by atoms with van der Waals surface area (Å²) >= 11 is 0. The maximum Gasteiger partial charge on any atom is 0.404 e. The van der Waals surface area contributed by atoms with Crippen molar-refractivity contribution < 1.29 is 14.3 Å². The van der Waals surface area contributed by atoms with Gasteiger partial charge in [0.25, 0.3) is 0 Å². The number of hydrogen-bond acceptors (Lipinski definition) is 5. The Morgan fingerprint density at radius 1 is 1.00 bits per heavy atom. The number of benzene rings is 2. The predicted octanol–water partition coefficient (Wildman–Crippen LogP) is 3.71. The molecule has 0 heterocycles. The van der Waals surface area contributed by atoms with Crippen molar-refractivity contribution in [1.29, 1.82) is 0 Å². The lowest BCUT2D eigenvalue weighted by Gasteiger charge is -2.01. The van der Waals surface area contributed by atoms with Crippen molar-refractivity contribution in [3.8, 4) is 5.75 Å². The zero-order valence-electron chi connectivity index (χ0n) is 11.5. The van der Waals surface area contributed by atoms with E-state index in [1.54, 1.807) is 31.4 Å². The van der Waals surface area contributed by atoms with Crippen LogP contribution < -0.4 is 10.5 Å². The van der Waals surface area contributed by atoms with Crippen LogP contribution in [-0.4, -0.2) is 13.2 Å². The topological polar surface area (TPSA) is 86.3 Å². The number of carbonyl (C=O) groups excluding carboxylic acids is 1. The monoisotopic (exact) mass is 285 g/mol. The Morgan fingerprint density at radius 3 is 2.00 bits per heavy atom. The van der Waals surface area contributed by atoms with Crippen LogP contribution in [-0.2, 0) is 11.3 Å². The van der Waals surface area contributed by atoms with Crippen LogP contribution in [0.4, 0.5) is 16.2 Å². The van der Waals surface area contributed by atoms with Crippen LogP contribution in [0.3, 0.4) is 0 Å². The van der Waals surface area contributed by atoms with E-state index in [0.29, 0.717) is 5.69 Å². The first kappa shape index (κ1) is 14.5. The number of primary amides is 1. The molecule has 108 valence electrons. The molecule has 2 aromatic rings. The van der Waals surface area contributed by atoms with E-state index in [2.05, 4.69) is 10.2 Å². The Balaban J connectivity index is 1.98. The fourth-order valence-electron chi connectivity index (χ4n) is 1.58. The minimum atomic E-state index is -0.793. The van der Waals surface area contributed by atoms with Crippen LogP contribution in [0.5, 0.6) is 5.75 Å². The van der Waals surface area contributed by atoms with Gasteiger partial charge < -0.3 is 15.2 Å². The number of methoxy groups -OCH3 is 1. The highest BCUT2D eigenvalue weighted by molar-refractivity contribution is 5.64. The van der Waals surface area contributed by atoms with Gasteiger partial charge >= 0.3 is 6.09 Å². The highest BCUT2D eigenvalue weighted by atomic mass is 16.5. The third-order valence-electron chi connectivity index (χ3n) is 2.67. The van der Waals surface area contributed by atoms with Gasteiger partial charge in [0.15, 0.2) is 0 Å². The molecule has 6 heteroatoms. The van der Waals surface area contributed by atoms with E-state index in [0.717, 1.165) is 17.0 Å². The third kappa shape index (κ3) is 4.61. The minimum absolute atomic E-state index is 0.144. The smallest absolute Gasteiger partial charge is 0.404 e. The average molecular weight is 285 g/mol. The normalized spacial score (nSPS) is 10.5. The summed E-state index contributed by atoms with van der Waals surface area (Å²) in [5, 5.41) is 8.24. The van der Waals surface area contributed by atoms with E-state index in [-0.39, 0.29) is 6.61 Å². The maximum absolute atomic E-state index is 10.5. The predicted molar refractivity (Wildman–Crippen MR) is 78.0 cm³/mol. The van der Waals surface area contributed by atoms with Crippen molar-refractivity contribution in [2.24, 2.45) is 16.0 Å². The Morgan fingerprint density at radius 2 is 1.52 bits per heavy atom. The van der Waals surface area contributed by atoms with Crippen molar-refractivity contribution in [2.75, 3.05) is 7.11 Å². The van der Waals surface area contributed by atoms with Gasteiger partial charge in [-0.25, -0.2) is 4.79 Å². The SMILES string of the molecule is COc1ccc(/N=N/c2ccc(COC(N)=O)cc2)cc1. The van der Waals surface area contributed by atoms with Crippen molar-refractivity contribution in [2.45, 2.75) is 6.61 Å². The van der Waals surface area contributed by atoms with E-state index < -0.39 is 6.09 Å². The van der Waals surface area contributed by atoms with Crippen LogP contribution in [0.25, 0.3) is 0 Å². The van der Waals surface area contributed by atoms with Crippen LogP contribution in [0.2, 0.25) is 0 Å². The molecule has 0 unspecified atom stereocenters. The average Bonchev–Trinajstić information content (AvgIpc) is 2.52. The van der Waals surface area contributed by atoms with Gasteiger partial charge in [0, 0.05) is 0 Å².